The zero-order chi connectivity index (χ0) is 18.7. The molecule has 0 saturated heterocycles. The molecule has 1 aromatic carbocycles. The van der Waals surface area contributed by atoms with Crippen molar-refractivity contribution in [1.29, 1.82) is 0 Å². The van der Waals surface area contributed by atoms with Crippen molar-refractivity contribution in [3.05, 3.63) is 23.8 Å². The van der Waals surface area contributed by atoms with E-state index in [0.717, 1.165) is 36.9 Å². The van der Waals surface area contributed by atoms with Crippen LogP contribution in [0, 0.1) is 11.8 Å². The number of nitrogens with one attached hydrogen (secondary N) is 1. The van der Waals surface area contributed by atoms with E-state index in [1.165, 1.54) is 7.11 Å². The molecule has 0 bridgehead atoms. The number of rotatable bonds is 3. The van der Waals surface area contributed by atoms with E-state index in [2.05, 4.69) is 5.32 Å². The standard InChI is InChI=1S/C19H24N2O5/c1-26-19(25)21-10-4-5-12-11-13(8-9-16(12)21)20-17(22)14-6-2-3-7-15(14)18(23)24/h8-9,11,14-15H,2-7,10H2,1H3,(H,20,22)(H,23,24)/p-1/t14-,15-/m1/s1. The van der Waals surface area contributed by atoms with E-state index >= 15 is 0 Å². The Labute approximate surface area is 152 Å². The number of amides is 2. The number of carboxylic acid groups (broad SMARTS) is 1. The first-order valence-corrected chi connectivity index (χ1v) is 9.01. The van der Waals surface area contributed by atoms with E-state index in [9.17, 15) is 19.5 Å². The Bertz CT molecular complexity index is 718. The third kappa shape index (κ3) is 3.66. The minimum absolute atomic E-state index is 0.278. The molecule has 1 saturated carbocycles. The summed E-state index contributed by atoms with van der Waals surface area (Å²) in [5, 5.41) is 14.1. The summed E-state index contributed by atoms with van der Waals surface area (Å²) in [4.78, 5) is 37.3. The van der Waals surface area contributed by atoms with Crippen LogP contribution in [-0.4, -0.2) is 31.6 Å². The normalized spacial score (nSPS) is 22.3. The van der Waals surface area contributed by atoms with Crippen molar-refractivity contribution in [1.82, 2.24) is 0 Å². The lowest BCUT2D eigenvalue weighted by Gasteiger charge is -2.31. The molecule has 2 aliphatic rings. The van der Waals surface area contributed by atoms with Crippen LogP contribution in [0.25, 0.3) is 0 Å². The maximum Gasteiger partial charge on any atom is 0.414 e. The highest BCUT2D eigenvalue weighted by molar-refractivity contribution is 5.96. The highest BCUT2D eigenvalue weighted by Gasteiger charge is 2.32. The Morgan fingerprint density at radius 2 is 1.88 bits per heavy atom. The molecular weight excluding hydrogens is 336 g/mol. The highest BCUT2D eigenvalue weighted by atomic mass is 16.5. The van der Waals surface area contributed by atoms with Crippen LogP contribution in [-0.2, 0) is 20.7 Å². The van der Waals surface area contributed by atoms with Crippen LogP contribution in [0.5, 0.6) is 0 Å². The van der Waals surface area contributed by atoms with E-state index in [1.807, 2.05) is 6.07 Å². The average Bonchev–Trinajstić information content (AvgIpc) is 2.66. The molecule has 26 heavy (non-hydrogen) atoms. The Hall–Kier alpha value is -2.57. The number of benzene rings is 1. The lowest BCUT2D eigenvalue weighted by atomic mass is 9.78. The van der Waals surface area contributed by atoms with Crippen LogP contribution in [0.4, 0.5) is 16.2 Å². The number of methoxy groups -OCH3 is 1. The number of fused-ring (bicyclic) bond motifs is 1. The van der Waals surface area contributed by atoms with Crippen molar-refractivity contribution in [2.75, 3.05) is 23.9 Å². The largest absolute Gasteiger partial charge is 0.550 e. The minimum atomic E-state index is -1.15. The summed E-state index contributed by atoms with van der Waals surface area (Å²) in [6.07, 6.45) is 3.92. The molecule has 7 heteroatoms. The first-order chi connectivity index (χ1) is 12.5. The quantitative estimate of drug-likeness (QED) is 0.886. The van der Waals surface area contributed by atoms with Crippen molar-refractivity contribution in [2.24, 2.45) is 11.8 Å². The van der Waals surface area contributed by atoms with Gasteiger partial charge in [0.2, 0.25) is 5.91 Å². The Morgan fingerprint density at radius 3 is 2.58 bits per heavy atom. The van der Waals surface area contributed by atoms with Gasteiger partial charge >= 0.3 is 6.09 Å². The fourth-order valence-corrected chi connectivity index (χ4v) is 3.94. The molecule has 2 amide bonds. The number of hydrogen-bond acceptors (Lipinski definition) is 5. The highest BCUT2D eigenvalue weighted by Crippen LogP contribution is 2.33. The Kier molecular flexibility index (Phi) is 5.44. The van der Waals surface area contributed by atoms with E-state index < -0.39 is 23.9 Å². The number of anilines is 2. The molecule has 2 atom stereocenters. The monoisotopic (exact) mass is 359 g/mol. The summed E-state index contributed by atoms with van der Waals surface area (Å²) < 4.78 is 4.81. The fourth-order valence-electron chi connectivity index (χ4n) is 3.94. The van der Waals surface area contributed by atoms with Crippen LogP contribution in [0.1, 0.15) is 37.7 Å². The second-order valence-corrected chi connectivity index (χ2v) is 6.87. The van der Waals surface area contributed by atoms with Crippen LogP contribution in [0.3, 0.4) is 0 Å². The SMILES string of the molecule is COC(=O)N1CCCc2cc(NC(=O)[C@@H]3CCCC[C@H]3C(=O)[O-])ccc21. The maximum absolute atomic E-state index is 12.6. The Balaban J connectivity index is 1.75. The topological polar surface area (TPSA) is 98.8 Å². The predicted molar refractivity (Wildman–Crippen MR) is 93.6 cm³/mol. The lowest BCUT2D eigenvalue weighted by molar-refractivity contribution is -0.313. The zero-order valence-corrected chi connectivity index (χ0v) is 14.8. The van der Waals surface area contributed by atoms with Gasteiger partial charge in [-0.1, -0.05) is 12.8 Å². The molecule has 1 fully saturated rings. The predicted octanol–water partition coefficient (Wildman–Crippen LogP) is 1.70. The van der Waals surface area contributed by atoms with Gasteiger partial charge in [0.15, 0.2) is 0 Å². The fraction of sp³-hybridized carbons (Fsp3) is 0.526. The van der Waals surface area contributed by atoms with Gasteiger partial charge in [-0.05, 0) is 49.4 Å². The summed E-state index contributed by atoms with van der Waals surface area (Å²) in [6.45, 7) is 0.598. The van der Waals surface area contributed by atoms with Crippen molar-refractivity contribution < 1.29 is 24.2 Å². The summed E-state index contributed by atoms with van der Waals surface area (Å²) in [5.41, 5.74) is 2.36. The van der Waals surface area contributed by atoms with E-state index in [4.69, 9.17) is 4.74 Å². The summed E-state index contributed by atoms with van der Waals surface area (Å²) in [5.74, 6) is -2.71. The van der Waals surface area contributed by atoms with Gasteiger partial charge in [-0.25, -0.2) is 4.79 Å². The van der Waals surface area contributed by atoms with Crippen LogP contribution >= 0.6 is 0 Å². The first-order valence-electron chi connectivity index (χ1n) is 9.01. The van der Waals surface area contributed by atoms with Gasteiger partial charge in [-0.3, -0.25) is 9.69 Å². The molecule has 7 nitrogen and oxygen atoms in total. The molecule has 0 spiro atoms. The number of carboxylic acids is 1. The van der Waals surface area contributed by atoms with Gasteiger partial charge in [0.1, 0.15) is 0 Å². The third-order valence-corrected chi connectivity index (χ3v) is 5.27. The number of carbonyl (C=O) groups is 3. The second-order valence-electron chi connectivity index (χ2n) is 6.87. The smallest absolute Gasteiger partial charge is 0.414 e. The molecule has 1 aliphatic heterocycles. The molecule has 1 aromatic rings. The summed E-state index contributed by atoms with van der Waals surface area (Å²) in [6, 6.07) is 5.37. The van der Waals surface area contributed by atoms with Crippen molar-refractivity contribution in [2.45, 2.75) is 38.5 Å². The van der Waals surface area contributed by atoms with Gasteiger partial charge in [-0.15, -0.1) is 0 Å². The van der Waals surface area contributed by atoms with E-state index in [0.29, 0.717) is 25.1 Å². The van der Waals surface area contributed by atoms with E-state index in [-0.39, 0.29) is 5.91 Å². The van der Waals surface area contributed by atoms with E-state index in [1.54, 1.807) is 17.0 Å². The summed E-state index contributed by atoms with van der Waals surface area (Å²) >= 11 is 0. The second kappa shape index (κ2) is 7.76. The average molecular weight is 359 g/mol. The van der Waals surface area contributed by atoms with Crippen LogP contribution in [0.2, 0.25) is 0 Å². The number of aryl methyl sites for hydroxylation is 1. The zero-order valence-electron chi connectivity index (χ0n) is 14.8. The molecule has 0 radical (unpaired) electrons. The van der Waals surface area contributed by atoms with Crippen molar-refractivity contribution >= 4 is 29.3 Å². The molecular formula is C19H23N2O5-. The number of nitrogens with zero attached hydrogens (tertiary/aromatic N) is 1. The van der Waals surface area contributed by atoms with Crippen LogP contribution < -0.4 is 15.3 Å². The molecule has 1 N–H and O–H groups in total. The molecule has 0 unspecified atom stereocenters. The van der Waals surface area contributed by atoms with Crippen molar-refractivity contribution in [3.8, 4) is 0 Å². The Morgan fingerprint density at radius 1 is 1.15 bits per heavy atom. The number of hydrogen-bond donors (Lipinski definition) is 1. The molecule has 0 aromatic heterocycles. The van der Waals surface area contributed by atoms with Gasteiger partial charge in [0.25, 0.3) is 0 Å². The lowest BCUT2D eigenvalue weighted by Crippen LogP contribution is -2.42. The number of carbonyl (C=O) groups excluding carboxylic acids is 3. The van der Waals surface area contributed by atoms with Crippen LogP contribution in [0.15, 0.2) is 18.2 Å². The first kappa shape index (κ1) is 18.2. The maximum atomic E-state index is 12.6. The molecule has 3 rings (SSSR count). The number of ether oxygens (including phenoxy) is 1. The third-order valence-electron chi connectivity index (χ3n) is 5.27. The van der Waals surface area contributed by atoms with Gasteiger partial charge < -0.3 is 20.0 Å². The van der Waals surface area contributed by atoms with Gasteiger partial charge in [0, 0.05) is 30.0 Å². The minimum Gasteiger partial charge on any atom is -0.550 e. The van der Waals surface area contributed by atoms with Gasteiger partial charge in [0.05, 0.1) is 12.8 Å². The molecule has 1 heterocycles. The van der Waals surface area contributed by atoms with Gasteiger partial charge in [-0.2, -0.15) is 0 Å². The molecule has 140 valence electrons. The van der Waals surface area contributed by atoms with Crippen molar-refractivity contribution in [3.63, 3.8) is 0 Å². The molecule has 1 aliphatic carbocycles. The summed E-state index contributed by atoms with van der Waals surface area (Å²) in [7, 11) is 1.35. The number of aliphatic carboxylic acids is 1.